The maximum Gasteiger partial charge on any atom is 0.0552 e. The van der Waals surface area contributed by atoms with Crippen molar-refractivity contribution in [2.24, 2.45) is 11.7 Å². The van der Waals surface area contributed by atoms with Crippen LogP contribution in [0.5, 0.6) is 0 Å². The molecule has 1 fully saturated rings. The Labute approximate surface area is 81.5 Å². The minimum atomic E-state index is -0.146. The highest BCUT2D eigenvalue weighted by atomic mass is 16.3. The molecule has 1 unspecified atom stereocenters. The molecule has 0 aliphatic heterocycles. The molecule has 1 rings (SSSR count). The third-order valence-electron chi connectivity index (χ3n) is 3.13. The van der Waals surface area contributed by atoms with E-state index in [0.29, 0.717) is 6.54 Å². The first-order valence-corrected chi connectivity index (χ1v) is 5.71. The van der Waals surface area contributed by atoms with Gasteiger partial charge in [-0.3, -0.25) is 0 Å². The van der Waals surface area contributed by atoms with E-state index in [-0.39, 0.29) is 6.10 Å². The molecule has 1 aliphatic rings. The van der Waals surface area contributed by atoms with Crippen LogP contribution < -0.4 is 5.73 Å². The molecule has 78 valence electrons. The number of nitrogens with two attached hydrogens (primary N) is 1. The van der Waals surface area contributed by atoms with Gasteiger partial charge in [-0.2, -0.15) is 0 Å². The lowest BCUT2D eigenvalue weighted by Crippen LogP contribution is -2.15. The lowest BCUT2D eigenvalue weighted by atomic mass is 9.85. The van der Waals surface area contributed by atoms with Gasteiger partial charge in [-0.25, -0.2) is 0 Å². The molecule has 0 radical (unpaired) electrons. The standard InChI is InChI=1S/C11H23NO/c12-9-8-11(13)7-6-10-4-2-1-3-5-10/h10-11,13H,1-9,12H2. The Bertz CT molecular complexity index is 121. The Morgan fingerprint density at radius 2 is 1.85 bits per heavy atom. The van der Waals surface area contributed by atoms with Crippen molar-refractivity contribution in [3.05, 3.63) is 0 Å². The fourth-order valence-electron chi connectivity index (χ4n) is 2.24. The Balaban J connectivity index is 2.03. The summed E-state index contributed by atoms with van der Waals surface area (Å²) in [6.45, 7) is 0.617. The van der Waals surface area contributed by atoms with Crippen molar-refractivity contribution in [3.63, 3.8) is 0 Å². The molecule has 0 heterocycles. The summed E-state index contributed by atoms with van der Waals surface area (Å²) < 4.78 is 0. The summed E-state index contributed by atoms with van der Waals surface area (Å²) in [5.74, 6) is 0.890. The predicted molar refractivity (Wildman–Crippen MR) is 55.5 cm³/mol. The van der Waals surface area contributed by atoms with Gasteiger partial charge in [-0.1, -0.05) is 32.1 Å². The van der Waals surface area contributed by atoms with Crippen LogP contribution in [0.15, 0.2) is 0 Å². The van der Waals surface area contributed by atoms with Crippen LogP contribution in [0.3, 0.4) is 0 Å². The van der Waals surface area contributed by atoms with Gasteiger partial charge < -0.3 is 10.8 Å². The fraction of sp³-hybridized carbons (Fsp3) is 1.00. The monoisotopic (exact) mass is 185 g/mol. The third-order valence-corrected chi connectivity index (χ3v) is 3.13. The number of aliphatic hydroxyl groups is 1. The van der Waals surface area contributed by atoms with Crippen LogP contribution in [0.1, 0.15) is 51.4 Å². The fourth-order valence-corrected chi connectivity index (χ4v) is 2.24. The van der Waals surface area contributed by atoms with Gasteiger partial charge in [0.05, 0.1) is 6.10 Å². The average molecular weight is 185 g/mol. The minimum absolute atomic E-state index is 0.146. The minimum Gasteiger partial charge on any atom is -0.393 e. The van der Waals surface area contributed by atoms with Gasteiger partial charge >= 0.3 is 0 Å². The third kappa shape index (κ3) is 4.63. The Morgan fingerprint density at radius 1 is 1.15 bits per heavy atom. The molecule has 1 saturated carbocycles. The van der Waals surface area contributed by atoms with E-state index in [4.69, 9.17) is 5.73 Å². The smallest absolute Gasteiger partial charge is 0.0552 e. The normalized spacial score (nSPS) is 21.7. The van der Waals surface area contributed by atoms with E-state index in [2.05, 4.69) is 0 Å². The second-order valence-electron chi connectivity index (χ2n) is 4.31. The molecular weight excluding hydrogens is 162 g/mol. The van der Waals surface area contributed by atoms with Crippen LogP contribution in [0.25, 0.3) is 0 Å². The first-order valence-electron chi connectivity index (χ1n) is 5.71. The second kappa shape index (κ2) is 6.39. The molecule has 1 aliphatic carbocycles. The number of hydrogen-bond donors (Lipinski definition) is 2. The molecule has 0 bridgehead atoms. The Kier molecular flexibility index (Phi) is 5.40. The van der Waals surface area contributed by atoms with Crippen LogP contribution >= 0.6 is 0 Å². The summed E-state index contributed by atoms with van der Waals surface area (Å²) in [4.78, 5) is 0. The molecule has 0 amide bonds. The number of hydrogen-bond acceptors (Lipinski definition) is 2. The summed E-state index contributed by atoms with van der Waals surface area (Å²) in [5, 5.41) is 9.50. The summed E-state index contributed by atoms with van der Waals surface area (Å²) in [6, 6.07) is 0. The summed E-state index contributed by atoms with van der Waals surface area (Å²) in [7, 11) is 0. The predicted octanol–water partition coefficient (Wildman–Crippen LogP) is 2.06. The molecule has 0 aromatic heterocycles. The maximum absolute atomic E-state index is 9.50. The van der Waals surface area contributed by atoms with Crippen LogP contribution in [-0.2, 0) is 0 Å². The van der Waals surface area contributed by atoms with Crippen LogP contribution in [0, 0.1) is 5.92 Å². The lowest BCUT2D eigenvalue weighted by Gasteiger charge is -2.22. The van der Waals surface area contributed by atoms with E-state index in [1.165, 1.54) is 38.5 Å². The molecule has 0 aromatic carbocycles. The molecule has 2 nitrogen and oxygen atoms in total. The van der Waals surface area contributed by atoms with E-state index in [1.807, 2.05) is 0 Å². The summed E-state index contributed by atoms with van der Waals surface area (Å²) in [5.41, 5.74) is 5.38. The zero-order valence-corrected chi connectivity index (χ0v) is 8.54. The molecule has 1 atom stereocenters. The molecule has 0 saturated heterocycles. The van der Waals surface area contributed by atoms with Crippen molar-refractivity contribution in [2.45, 2.75) is 57.5 Å². The van der Waals surface area contributed by atoms with E-state index in [1.54, 1.807) is 0 Å². The Hall–Kier alpha value is -0.0800. The van der Waals surface area contributed by atoms with Crippen LogP contribution in [0.2, 0.25) is 0 Å². The Morgan fingerprint density at radius 3 is 2.46 bits per heavy atom. The summed E-state index contributed by atoms with van der Waals surface area (Å²) in [6.07, 6.45) is 9.78. The van der Waals surface area contributed by atoms with E-state index >= 15 is 0 Å². The molecular formula is C11H23NO. The highest BCUT2D eigenvalue weighted by Crippen LogP contribution is 2.27. The van der Waals surface area contributed by atoms with Crippen molar-refractivity contribution in [3.8, 4) is 0 Å². The molecule has 13 heavy (non-hydrogen) atoms. The van der Waals surface area contributed by atoms with Crippen LogP contribution in [0.4, 0.5) is 0 Å². The largest absolute Gasteiger partial charge is 0.393 e. The molecule has 3 N–H and O–H groups in total. The van der Waals surface area contributed by atoms with Gasteiger partial charge in [0, 0.05) is 0 Å². The van der Waals surface area contributed by atoms with Gasteiger partial charge in [0.15, 0.2) is 0 Å². The lowest BCUT2D eigenvalue weighted by molar-refractivity contribution is 0.142. The van der Waals surface area contributed by atoms with Crippen molar-refractivity contribution in [1.82, 2.24) is 0 Å². The van der Waals surface area contributed by atoms with E-state index in [9.17, 15) is 5.11 Å². The van der Waals surface area contributed by atoms with Gasteiger partial charge in [0.2, 0.25) is 0 Å². The quantitative estimate of drug-likeness (QED) is 0.688. The highest BCUT2D eigenvalue weighted by Gasteiger charge is 2.14. The zero-order chi connectivity index (χ0) is 9.52. The molecule has 2 heteroatoms. The average Bonchev–Trinajstić information content (AvgIpc) is 2.17. The maximum atomic E-state index is 9.50. The summed E-state index contributed by atoms with van der Waals surface area (Å²) >= 11 is 0. The van der Waals surface area contributed by atoms with Crippen molar-refractivity contribution in [2.75, 3.05) is 6.54 Å². The molecule has 0 spiro atoms. The van der Waals surface area contributed by atoms with E-state index < -0.39 is 0 Å². The van der Waals surface area contributed by atoms with Crippen molar-refractivity contribution < 1.29 is 5.11 Å². The van der Waals surface area contributed by atoms with Gasteiger partial charge in [-0.15, -0.1) is 0 Å². The van der Waals surface area contributed by atoms with Gasteiger partial charge in [0.1, 0.15) is 0 Å². The van der Waals surface area contributed by atoms with Gasteiger partial charge in [0.25, 0.3) is 0 Å². The van der Waals surface area contributed by atoms with E-state index in [0.717, 1.165) is 18.8 Å². The van der Waals surface area contributed by atoms with Crippen molar-refractivity contribution in [1.29, 1.82) is 0 Å². The van der Waals surface area contributed by atoms with Gasteiger partial charge in [-0.05, 0) is 31.7 Å². The first-order chi connectivity index (χ1) is 6.33. The topological polar surface area (TPSA) is 46.2 Å². The zero-order valence-electron chi connectivity index (χ0n) is 8.54. The SMILES string of the molecule is NCCC(O)CCC1CCCCC1. The number of aliphatic hydroxyl groups excluding tert-OH is 1. The highest BCUT2D eigenvalue weighted by molar-refractivity contribution is 4.68. The first kappa shape index (κ1) is 11.0. The second-order valence-corrected chi connectivity index (χ2v) is 4.31. The molecule has 0 aromatic rings. The number of rotatable bonds is 5. The van der Waals surface area contributed by atoms with Crippen molar-refractivity contribution >= 4 is 0 Å². The van der Waals surface area contributed by atoms with Crippen LogP contribution in [-0.4, -0.2) is 17.8 Å².